The number of hydrogen-bond donors (Lipinski definition) is 0. The number of ether oxygens (including phenoxy) is 3. The van der Waals surface area contributed by atoms with Crippen molar-refractivity contribution in [1.29, 1.82) is 0 Å². The van der Waals surface area contributed by atoms with E-state index < -0.39 is 12.1 Å². The topological polar surface area (TPSA) is 78.9 Å². The molecule has 0 aromatic heterocycles. The number of carbonyl (C=O) groups is 3. The minimum absolute atomic E-state index is 0.141. The first-order valence-electron chi connectivity index (χ1n) is 24.9. The summed E-state index contributed by atoms with van der Waals surface area (Å²) in [6.07, 6.45) is 72.8. The quantitative estimate of drug-likeness (QED) is 0.0200. The summed E-state index contributed by atoms with van der Waals surface area (Å²) < 4.78 is 16.6. The number of esters is 3. The Morgan fingerprint density at radius 1 is 0.344 bits per heavy atom. The molecule has 0 saturated heterocycles. The van der Waals surface area contributed by atoms with Gasteiger partial charge in [-0.3, -0.25) is 14.4 Å². The Morgan fingerprint density at radius 2 is 0.734 bits per heavy atom. The highest BCUT2D eigenvalue weighted by atomic mass is 16.6. The molecule has 0 aromatic rings. The third kappa shape index (κ3) is 48.3. The lowest BCUT2D eigenvalue weighted by atomic mass is 10.1. The van der Waals surface area contributed by atoms with Crippen LogP contribution in [0.25, 0.3) is 0 Å². The van der Waals surface area contributed by atoms with Gasteiger partial charge in [-0.1, -0.05) is 212 Å². The summed E-state index contributed by atoms with van der Waals surface area (Å²) in [5, 5.41) is 0. The lowest BCUT2D eigenvalue weighted by Crippen LogP contribution is -2.30. The zero-order valence-corrected chi connectivity index (χ0v) is 40.5. The first-order valence-corrected chi connectivity index (χ1v) is 24.9. The van der Waals surface area contributed by atoms with Crippen LogP contribution in [0.1, 0.15) is 181 Å². The first-order chi connectivity index (χ1) is 31.5. The predicted molar refractivity (Wildman–Crippen MR) is 274 cm³/mol. The van der Waals surface area contributed by atoms with Crippen LogP contribution in [0.3, 0.4) is 0 Å². The molecule has 356 valence electrons. The Labute approximate surface area is 391 Å². The lowest BCUT2D eigenvalue weighted by Gasteiger charge is -2.18. The maximum atomic E-state index is 12.7. The zero-order valence-electron chi connectivity index (χ0n) is 40.5. The number of carbonyl (C=O) groups excluding carboxylic acids is 3. The summed E-state index contributed by atoms with van der Waals surface area (Å²) >= 11 is 0. The summed E-state index contributed by atoms with van der Waals surface area (Å²) in [7, 11) is 0. The van der Waals surface area contributed by atoms with Crippen molar-refractivity contribution in [2.45, 2.75) is 187 Å². The van der Waals surface area contributed by atoms with Gasteiger partial charge in [-0.05, 0) is 96.3 Å². The van der Waals surface area contributed by atoms with Crippen LogP contribution in [-0.2, 0) is 28.6 Å². The molecule has 0 N–H and O–H groups in total. The van der Waals surface area contributed by atoms with Crippen molar-refractivity contribution in [2.24, 2.45) is 0 Å². The van der Waals surface area contributed by atoms with Gasteiger partial charge in [0.15, 0.2) is 6.10 Å². The van der Waals surface area contributed by atoms with E-state index in [1.165, 1.54) is 51.4 Å². The molecule has 0 aliphatic rings. The fraction of sp³-hybridized carbons (Fsp3) is 0.534. The van der Waals surface area contributed by atoms with E-state index >= 15 is 0 Å². The molecular weight excluding hydrogens is 793 g/mol. The van der Waals surface area contributed by atoms with E-state index in [2.05, 4.69) is 99.8 Å². The summed E-state index contributed by atoms with van der Waals surface area (Å²) in [5.74, 6) is -1.12. The smallest absolute Gasteiger partial charge is 0.306 e. The van der Waals surface area contributed by atoms with Crippen LogP contribution in [0.15, 0.2) is 146 Å². The van der Waals surface area contributed by atoms with Gasteiger partial charge in [0.25, 0.3) is 0 Å². The summed E-state index contributed by atoms with van der Waals surface area (Å²) in [5.41, 5.74) is 0. The van der Waals surface area contributed by atoms with Gasteiger partial charge in [-0.2, -0.15) is 0 Å². The number of unbranched alkanes of at least 4 members (excludes halogenated alkanes) is 11. The average molecular weight is 881 g/mol. The van der Waals surface area contributed by atoms with E-state index in [-0.39, 0.29) is 38.0 Å². The number of hydrogen-bond acceptors (Lipinski definition) is 6. The van der Waals surface area contributed by atoms with E-state index in [1.807, 2.05) is 66.8 Å². The molecular formula is C58H88O6. The molecule has 0 aliphatic heterocycles. The molecule has 64 heavy (non-hydrogen) atoms. The monoisotopic (exact) mass is 881 g/mol. The van der Waals surface area contributed by atoms with Gasteiger partial charge >= 0.3 is 17.9 Å². The fourth-order valence-corrected chi connectivity index (χ4v) is 6.02. The molecule has 0 saturated carbocycles. The molecule has 0 aliphatic carbocycles. The van der Waals surface area contributed by atoms with Gasteiger partial charge < -0.3 is 14.2 Å². The number of allylic oxidation sites excluding steroid dienone is 24. The van der Waals surface area contributed by atoms with Gasteiger partial charge in [0, 0.05) is 19.3 Å². The lowest BCUT2D eigenvalue weighted by molar-refractivity contribution is -0.166. The third-order valence-electron chi connectivity index (χ3n) is 9.70. The predicted octanol–water partition coefficient (Wildman–Crippen LogP) is 16.5. The van der Waals surface area contributed by atoms with Crippen molar-refractivity contribution < 1.29 is 28.6 Å². The van der Waals surface area contributed by atoms with E-state index in [9.17, 15) is 14.4 Å². The minimum Gasteiger partial charge on any atom is -0.462 e. The highest BCUT2D eigenvalue weighted by Gasteiger charge is 2.19. The van der Waals surface area contributed by atoms with Crippen LogP contribution in [0.2, 0.25) is 0 Å². The van der Waals surface area contributed by atoms with Gasteiger partial charge in [-0.15, -0.1) is 0 Å². The van der Waals surface area contributed by atoms with Crippen LogP contribution in [-0.4, -0.2) is 37.2 Å². The van der Waals surface area contributed by atoms with Crippen LogP contribution in [0, 0.1) is 0 Å². The molecule has 0 rings (SSSR count). The zero-order chi connectivity index (χ0) is 46.5. The van der Waals surface area contributed by atoms with E-state index in [1.54, 1.807) is 0 Å². The second-order valence-corrected chi connectivity index (χ2v) is 15.7. The minimum atomic E-state index is -0.855. The highest BCUT2D eigenvalue weighted by molar-refractivity contribution is 5.71. The van der Waals surface area contributed by atoms with Crippen molar-refractivity contribution in [3.05, 3.63) is 146 Å². The van der Waals surface area contributed by atoms with Crippen molar-refractivity contribution in [1.82, 2.24) is 0 Å². The standard InChI is InChI=1S/C58H88O6/c1-4-7-10-13-16-19-22-25-27-29-31-33-36-39-42-45-48-51-57(60)63-54-55(53-62-56(59)50-47-44-41-38-35-32-24-21-18-15-12-9-6-3)64-58(61)52-49-46-43-40-37-34-30-28-26-23-20-17-14-11-8-5-2/h8-9,11-12,15-21,24-28,32,34-35,37-38,41,43,46,55H,4-7,10,13-14,22-23,29-31,33,36,39-40,42,44-45,47-54H2,1-3H3/b11-8+,12-9+,18-15+,19-16+,20-17+,24-21+,27-25+,28-26+,35-32+,37-34+,41-38+,46-43+. The molecule has 1 atom stereocenters. The summed E-state index contributed by atoms with van der Waals surface area (Å²) in [6.45, 7) is 6.19. The van der Waals surface area contributed by atoms with E-state index in [0.717, 1.165) is 77.0 Å². The van der Waals surface area contributed by atoms with Gasteiger partial charge in [0.2, 0.25) is 0 Å². The van der Waals surface area contributed by atoms with Crippen molar-refractivity contribution >= 4 is 17.9 Å². The van der Waals surface area contributed by atoms with E-state index in [4.69, 9.17) is 14.2 Å². The average Bonchev–Trinajstić information content (AvgIpc) is 3.29. The van der Waals surface area contributed by atoms with Gasteiger partial charge in [-0.25, -0.2) is 0 Å². The fourth-order valence-electron chi connectivity index (χ4n) is 6.02. The van der Waals surface area contributed by atoms with Crippen molar-refractivity contribution in [3.63, 3.8) is 0 Å². The Bertz CT molecular complexity index is 1480. The van der Waals surface area contributed by atoms with Crippen LogP contribution in [0.4, 0.5) is 0 Å². The number of rotatable bonds is 42. The Hall–Kier alpha value is -4.71. The molecule has 0 heterocycles. The molecule has 0 spiro atoms. The Morgan fingerprint density at radius 3 is 1.25 bits per heavy atom. The molecule has 1 unspecified atom stereocenters. The molecule has 0 radical (unpaired) electrons. The van der Waals surface area contributed by atoms with Crippen LogP contribution >= 0.6 is 0 Å². The largest absolute Gasteiger partial charge is 0.462 e. The molecule has 0 fully saturated rings. The Kier molecular flexibility index (Phi) is 47.2. The van der Waals surface area contributed by atoms with Crippen LogP contribution < -0.4 is 0 Å². The molecule has 0 aromatic carbocycles. The van der Waals surface area contributed by atoms with Crippen molar-refractivity contribution in [2.75, 3.05) is 13.2 Å². The van der Waals surface area contributed by atoms with Gasteiger partial charge in [0.05, 0.1) is 0 Å². The maximum Gasteiger partial charge on any atom is 0.306 e. The molecule has 0 amide bonds. The highest BCUT2D eigenvalue weighted by Crippen LogP contribution is 2.12. The summed E-state index contributed by atoms with van der Waals surface area (Å²) in [6, 6.07) is 0. The van der Waals surface area contributed by atoms with Crippen LogP contribution in [0.5, 0.6) is 0 Å². The molecule has 6 heteroatoms. The Balaban J connectivity index is 4.63. The maximum absolute atomic E-state index is 12.7. The second kappa shape index (κ2) is 50.9. The van der Waals surface area contributed by atoms with Crippen molar-refractivity contribution in [3.8, 4) is 0 Å². The molecule has 0 bridgehead atoms. The summed E-state index contributed by atoms with van der Waals surface area (Å²) in [4.78, 5) is 37.9. The second-order valence-electron chi connectivity index (χ2n) is 15.7. The third-order valence-corrected chi connectivity index (χ3v) is 9.70. The van der Waals surface area contributed by atoms with Gasteiger partial charge in [0.1, 0.15) is 13.2 Å². The first kappa shape index (κ1) is 59.3. The normalized spacial score (nSPS) is 13.4. The SMILES string of the molecule is CC/C=C/C=C/C=C/C=C/C=C/CCCC(=O)OCC(COC(=O)CCCCCCCCC/C=C/C/C=C/CCCCC)OC(=O)CC/C=C/C/C=C/C/C=C/C/C=C/C/C=C/CC. The molecule has 6 nitrogen and oxygen atoms in total. The van der Waals surface area contributed by atoms with E-state index in [0.29, 0.717) is 19.3 Å².